The predicted molar refractivity (Wildman–Crippen MR) is 93.2 cm³/mol. The zero-order chi connectivity index (χ0) is 20.4. The normalized spacial score (nSPS) is 12.2. The topological polar surface area (TPSA) is 151 Å². The number of aldehydes is 1. The lowest BCUT2D eigenvalue weighted by molar-refractivity contribution is -0.139. The van der Waals surface area contributed by atoms with E-state index in [2.05, 4.69) is 16.0 Å². The summed E-state index contributed by atoms with van der Waals surface area (Å²) in [5, 5.41) is 15.5. The van der Waals surface area contributed by atoms with Gasteiger partial charge in [-0.25, -0.2) is 0 Å². The number of methoxy groups -OCH3 is 1. The van der Waals surface area contributed by atoms with Gasteiger partial charge in [-0.2, -0.15) is 0 Å². The minimum Gasteiger partial charge on any atom is -0.497 e. The van der Waals surface area contributed by atoms with E-state index >= 15 is 0 Å². The molecule has 0 saturated carbocycles. The number of ether oxygens (including phenoxy) is 1. The fraction of sp³-hybridized carbons (Fsp3) is 0.353. The van der Waals surface area contributed by atoms with E-state index in [1.807, 2.05) is 0 Å². The van der Waals surface area contributed by atoms with Crippen molar-refractivity contribution in [3.63, 3.8) is 0 Å². The maximum atomic E-state index is 12.1. The molecule has 0 heterocycles. The smallest absolute Gasteiger partial charge is 0.305 e. The highest BCUT2D eigenvalue weighted by Crippen LogP contribution is 2.11. The van der Waals surface area contributed by atoms with Gasteiger partial charge in [-0.1, -0.05) is 0 Å². The van der Waals surface area contributed by atoms with Crippen molar-refractivity contribution in [1.82, 2.24) is 16.0 Å². The van der Waals surface area contributed by atoms with Crippen LogP contribution in [0.2, 0.25) is 0 Å². The molecule has 1 aromatic carbocycles. The van der Waals surface area contributed by atoms with Gasteiger partial charge in [-0.15, -0.1) is 0 Å². The monoisotopic (exact) mass is 379 g/mol. The lowest BCUT2D eigenvalue weighted by Crippen LogP contribution is -2.49. The number of hydrogen-bond donors (Lipinski definition) is 4. The van der Waals surface area contributed by atoms with Gasteiger partial charge in [0.25, 0.3) is 5.91 Å². The second kappa shape index (κ2) is 10.5. The Balaban J connectivity index is 2.46. The van der Waals surface area contributed by atoms with Crippen LogP contribution in [0.5, 0.6) is 5.75 Å². The third-order valence-electron chi connectivity index (χ3n) is 3.42. The lowest BCUT2D eigenvalue weighted by Gasteiger charge is -2.15. The average molecular weight is 379 g/mol. The molecule has 27 heavy (non-hydrogen) atoms. The molecular formula is C17H21N3O7. The first-order valence-corrected chi connectivity index (χ1v) is 7.96. The second-order valence-corrected chi connectivity index (χ2v) is 5.55. The number of carboxylic acid groups (broad SMARTS) is 1. The van der Waals surface area contributed by atoms with Crippen molar-refractivity contribution in [3.8, 4) is 5.75 Å². The number of rotatable bonds is 10. The number of carbonyl (C=O) groups excluding carboxylic acids is 4. The number of nitrogens with one attached hydrogen (secondary N) is 3. The van der Waals surface area contributed by atoms with Crippen LogP contribution in [0.25, 0.3) is 0 Å². The van der Waals surface area contributed by atoms with Crippen LogP contribution in [0.4, 0.5) is 0 Å². The summed E-state index contributed by atoms with van der Waals surface area (Å²) in [6, 6.07) is 4.17. The molecule has 10 nitrogen and oxygen atoms in total. The van der Waals surface area contributed by atoms with Gasteiger partial charge < -0.3 is 30.6 Å². The maximum absolute atomic E-state index is 12.1. The Labute approximate surface area is 155 Å². The molecule has 1 aromatic rings. The molecule has 1 rings (SSSR count). The Bertz CT molecular complexity index is 703. The summed E-state index contributed by atoms with van der Waals surface area (Å²) in [6.07, 6.45) is -0.261. The largest absolute Gasteiger partial charge is 0.497 e. The van der Waals surface area contributed by atoms with Crippen LogP contribution >= 0.6 is 0 Å². The molecule has 0 aliphatic rings. The van der Waals surface area contributed by atoms with E-state index in [9.17, 15) is 24.0 Å². The molecule has 0 spiro atoms. The van der Waals surface area contributed by atoms with E-state index < -0.39 is 48.7 Å². The zero-order valence-corrected chi connectivity index (χ0v) is 14.9. The molecule has 0 aliphatic carbocycles. The first-order chi connectivity index (χ1) is 12.8. The summed E-state index contributed by atoms with van der Waals surface area (Å²) >= 11 is 0. The van der Waals surface area contributed by atoms with E-state index in [0.717, 1.165) is 0 Å². The molecular weight excluding hydrogens is 358 g/mol. The number of benzene rings is 1. The van der Waals surface area contributed by atoms with Crippen LogP contribution in [0.15, 0.2) is 24.3 Å². The third-order valence-corrected chi connectivity index (χ3v) is 3.42. The Morgan fingerprint density at radius 1 is 1.15 bits per heavy atom. The number of amides is 3. The van der Waals surface area contributed by atoms with E-state index in [1.54, 1.807) is 12.1 Å². The minimum atomic E-state index is -1.24. The van der Waals surface area contributed by atoms with Crippen LogP contribution < -0.4 is 20.7 Å². The van der Waals surface area contributed by atoms with Gasteiger partial charge in [0.2, 0.25) is 11.8 Å². The molecule has 0 aliphatic heterocycles. The van der Waals surface area contributed by atoms with Crippen LogP contribution in [-0.2, 0) is 19.2 Å². The maximum Gasteiger partial charge on any atom is 0.305 e. The zero-order valence-electron chi connectivity index (χ0n) is 14.9. The summed E-state index contributed by atoms with van der Waals surface area (Å²) in [7, 11) is 1.50. The van der Waals surface area contributed by atoms with Crippen molar-refractivity contribution in [2.45, 2.75) is 25.4 Å². The molecule has 0 fully saturated rings. The predicted octanol–water partition coefficient (Wildman–Crippen LogP) is -0.912. The Morgan fingerprint density at radius 2 is 1.78 bits per heavy atom. The molecule has 2 atom stereocenters. The van der Waals surface area contributed by atoms with E-state index in [-0.39, 0.29) is 0 Å². The van der Waals surface area contributed by atoms with Crippen LogP contribution in [0.1, 0.15) is 23.7 Å². The highest BCUT2D eigenvalue weighted by atomic mass is 16.5. The van der Waals surface area contributed by atoms with Crippen LogP contribution in [0, 0.1) is 0 Å². The fourth-order valence-corrected chi connectivity index (χ4v) is 1.99. The molecule has 146 valence electrons. The van der Waals surface area contributed by atoms with Gasteiger partial charge >= 0.3 is 5.97 Å². The molecule has 3 amide bonds. The summed E-state index contributed by atoms with van der Waals surface area (Å²) < 4.78 is 4.99. The Hall–Kier alpha value is -3.43. The molecule has 0 radical (unpaired) electrons. The van der Waals surface area contributed by atoms with Crippen molar-refractivity contribution < 1.29 is 33.8 Å². The van der Waals surface area contributed by atoms with Crippen molar-refractivity contribution in [2.24, 2.45) is 0 Å². The van der Waals surface area contributed by atoms with Gasteiger partial charge in [0.15, 0.2) is 0 Å². The summed E-state index contributed by atoms with van der Waals surface area (Å²) in [6.45, 7) is 0.971. The number of carboxylic acids is 1. The van der Waals surface area contributed by atoms with E-state index in [4.69, 9.17) is 9.84 Å². The first kappa shape index (κ1) is 21.6. The molecule has 0 aromatic heterocycles. The van der Waals surface area contributed by atoms with Crippen LogP contribution in [0.3, 0.4) is 0 Å². The molecule has 0 unspecified atom stereocenters. The van der Waals surface area contributed by atoms with E-state index in [1.165, 1.54) is 26.2 Å². The molecule has 0 saturated heterocycles. The average Bonchev–Trinajstić information content (AvgIpc) is 2.64. The fourth-order valence-electron chi connectivity index (χ4n) is 1.99. The summed E-state index contributed by atoms with van der Waals surface area (Å²) in [5.41, 5.74) is 0.329. The van der Waals surface area contributed by atoms with Crippen molar-refractivity contribution in [2.75, 3.05) is 13.7 Å². The number of hydrogen-bond acceptors (Lipinski definition) is 6. The number of aliphatic carboxylic acids is 1. The first-order valence-electron chi connectivity index (χ1n) is 7.96. The Kier molecular flexibility index (Phi) is 8.43. The summed E-state index contributed by atoms with van der Waals surface area (Å²) in [4.78, 5) is 56.9. The van der Waals surface area contributed by atoms with Crippen molar-refractivity contribution in [1.29, 1.82) is 0 Å². The minimum absolute atomic E-state index is 0.297. The van der Waals surface area contributed by atoms with Crippen molar-refractivity contribution >= 4 is 30.0 Å². The van der Waals surface area contributed by atoms with Gasteiger partial charge in [-0.05, 0) is 31.2 Å². The standard InChI is InChI=1S/C17H21N3O7/c1-10(19-17(26)11-3-5-13(27-2)6-4-11)16(25)18-8-14(22)20-12(9-21)7-15(23)24/h3-6,9-10,12H,7-8H2,1-2H3,(H,18,25)(H,19,26)(H,20,22)(H,23,24)/t10-,12-/m0/s1. The quantitative estimate of drug-likeness (QED) is 0.384. The van der Waals surface area contributed by atoms with Crippen LogP contribution in [-0.4, -0.2) is 60.8 Å². The highest BCUT2D eigenvalue weighted by Gasteiger charge is 2.19. The molecule has 0 bridgehead atoms. The lowest BCUT2D eigenvalue weighted by atomic mass is 10.2. The van der Waals surface area contributed by atoms with Gasteiger partial charge in [0.1, 0.15) is 18.1 Å². The Morgan fingerprint density at radius 3 is 2.30 bits per heavy atom. The summed E-state index contributed by atoms with van der Waals surface area (Å²) in [5.74, 6) is -2.48. The second-order valence-electron chi connectivity index (χ2n) is 5.55. The molecule has 4 N–H and O–H groups in total. The SMILES string of the molecule is COc1ccc(C(=O)N[C@@H](C)C(=O)NCC(=O)N[C@H](C=O)CC(=O)O)cc1. The van der Waals surface area contributed by atoms with Gasteiger partial charge in [0, 0.05) is 5.56 Å². The highest BCUT2D eigenvalue weighted by molar-refractivity contribution is 5.98. The number of carbonyl (C=O) groups is 5. The van der Waals surface area contributed by atoms with E-state index in [0.29, 0.717) is 17.6 Å². The van der Waals surface area contributed by atoms with Gasteiger partial charge in [-0.3, -0.25) is 19.2 Å². The van der Waals surface area contributed by atoms with Gasteiger partial charge in [0.05, 0.1) is 26.1 Å². The van der Waals surface area contributed by atoms with Crippen molar-refractivity contribution in [3.05, 3.63) is 29.8 Å². The third kappa shape index (κ3) is 7.55. The molecule has 10 heteroatoms.